The van der Waals surface area contributed by atoms with Crippen LogP contribution in [0.4, 0.5) is 10.5 Å². The van der Waals surface area contributed by atoms with Crippen molar-refractivity contribution >= 4 is 52.2 Å². The molecule has 6 nitrogen and oxygen atoms in total. The van der Waals surface area contributed by atoms with Gasteiger partial charge < -0.3 is 10.1 Å². The van der Waals surface area contributed by atoms with E-state index in [1.165, 1.54) is 0 Å². The zero-order valence-corrected chi connectivity index (χ0v) is 20.8. The Morgan fingerprint density at radius 3 is 2.31 bits per heavy atom. The maximum Gasteiger partial charge on any atom is 0.294 e. The van der Waals surface area contributed by atoms with Gasteiger partial charge in [0.1, 0.15) is 18.9 Å². The third-order valence-electron chi connectivity index (χ3n) is 5.18. The number of hydrogen-bond donors (Lipinski definition) is 1. The zero-order valence-electron chi connectivity index (χ0n) is 19.2. The molecule has 0 aromatic heterocycles. The fraction of sp³-hybridized carbons (Fsp3) is 0.148. The van der Waals surface area contributed by atoms with E-state index < -0.39 is 17.1 Å². The summed E-state index contributed by atoms with van der Waals surface area (Å²) in [5.74, 6) is -0.243. The van der Waals surface area contributed by atoms with Gasteiger partial charge in [0.25, 0.3) is 11.1 Å². The number of amides is 3. The number of aryl methyl sites for hydroxylation is 2. The quantitative estimate of drug-likeness (QED) is 0.385. The first-order valence-electron chi connectivity index (χ1n) is 10.9. The molecule has 1 N–H and O–H groups in total. The molecular weight excluding hydrogens is 484 g/mol. The Bertz CT molecular complexity index is 1280. The van der Waals surface area contributed by atoms with Gasteiger partial charge in [-0.1, -0.05) is 41.9 Å². The van der Waals surface area contributed by atoms with E-state index in [0.717, 1.165) is 38.9 Å². The number of hydrogen-bond acceptors (Lipinski definition) is 5. The van der Waals surface area contributed by atoms with Crippen LogP contribution in [0.3, 0.4) is 0 Å². The molecule has 0 spiro atoms. The largest absolute Gasteiger partial charge is 0.489 e. The van der Waals surface area contributed by atoms with Crippen molar-refractivity contribution in [3.05, 3.63) is 98.9 Å². The van der Waals surface area contributed by atoms with Crippen LogP contribution in [0.2, 0.25) is 5.02 Å². The highest BCUT2D eigenvalue weighted by molar-refractivity contribution is 8.18. The minimum absolute atomic E-state index is 0.268. The fourth-order valence-electron chi connectivity index (χ4n) is 3.59. The van der Waals surface area contributed by atoms with Crippen LogP contribution in [-0.2, 0) is 16.2 Å². The summed E-state index contributed by atoms with van der Waals surface area (Å²) in [7, 11) is 0. The lowest BCUT2D eigenvalue weighted by atomic mass is 10.1. The van der Waals surface area contributed by atoms with Crippen LogP contribution in [0.15, 0.2) is 71.6 Å². The first-order valence-corrected chi connectivity index (χ1v) is 12.1. The molecule has 1 aliphatic rings. The molecule has 3 aromatic carbocycles. The maximum atomic E-state index is 12.8. The minimum Gasteiger partial charge on any atom is -0.489 e. The van der Waals surface area contributed by atoms with Gasteiger partial charge in [0.2, 0.25) is 5.91 Å². The molecule has 0 saturated carbocycles. The number of imide groups is 1. The Morgan fingerprint density at radius 2 is 1.66 bits per heavy atom. The minimum atomic E-state index is -0.487. The molecule has 1 saturated heterocycles. The second-order valence-electron chi connectivity index (χ2n) is 8.18. The van der Waals surface area contributed by atoms with E-state index in [4.69, 9.17) is 16.3 Å². The van der Waals surface area contributed by atoms with E-state index in [1.54, 1.807) is 30.3 Å². The number of carbonyl (C=O) groups is 3. The van der Waals surface area contributed by atoms with Crippen molar-refractivity contribution in [3.63, 3.8) is 0 Å². The molecule has 0 bridgehead atoms. The number of benzene rings is 3. The third kappa shape index (κ3) is 6.53. The van der Waals surface area contributed by atoms with Crippen molar-refractivity contribution < 1.29 is 19.1 Å². The molecule has 3 aromatic rings. The second kappa shape index (κ2) is 10.8. The normalized spacial score (nSPS) is 14.5. The van der Waals surface area contributed by atoms with Crippen molar-refractivity contribution in [2.24, 2.45) is 0 Å². The van der Waals surface area contributed by atoms with Crippen molar-refractivity contribution in [2.75, 3.05) is 11.9 Å². The van der Waals surface area contributed by atoms with Crippen LogP contribution < -0.4 is 10.1 Å². The Hall–Kier alpha value is -3.55. The van der Waals surface area contributed by atoms with E-state index in [1.807, 2.05) is 56.3 Å². The number of nitrogens with one attached hydrogen (secondary N) is 1. The molecular formula is C27H23ClN2O4S. The first kappa shape index (κ1) is 24.6. The summed E-state index contributed by atoms with van der Waals surface area (Å²) < 4.78 is 5.78. The number of halogens is 1. The van der Waals surface area contributed by atoms with E-state index in [0.29, 0.717) is 23.1 Å². The highest BCUT2D eigenvalue weighted by atomic mass is 35.5. The summed E-state index contributed by atoms with van der Waals surface area (Å²) in [4.78, 5) is 38.8. The smallest absolute Gasteiger partial charge is 0.294 e. The Kier molecular flexibility index (Phi) is 7.58. The summed E-state index contributed by atoms with van der Waals surface area (Å²) in [5, 5.41) is 2.95. The fourth-order valence-corrected chi connectivity index (χ4v) is 4.55. The van der Waals surface area contributed by atoms with Gasteiger partial charge in [-0.05, 0) is 90.3 Å². The molecule has 0 radical (unpaired) electrons. The van der Waals surface area contributed by atoms with Crippen LogP contribution in [0.5, 0.6) is 5.75 Å². The van der Waals surface area contributed by atoms with Crippen molar-refractivity contribution in [2.45, 2.75) is 20.5 Å². The average Bonchev–Trinajstić information content (AvgIpc) is 3.06. The van der Waals surface area contributed by atoms with Gasteiger partial charge in [-0.25, -0.2) is 0 Å². The lowest BCUT2D eigenvalue weighted by Crippen LogP contribution is -2.36. The van der Waals surface area contributed by atoms with Crippen molar-refractivity contribution in [1.29, 1.82) is 0 Å². The van der Waals surface area contributed by atoms with Crippen LogP contribution in [0, 0.1) is 13.8 Å². The molecule has 3 amide bonds. The molecule has 0 aliphatic carbocycles. The van der Waals surface area contributed by atoms with Crippen LogP contribution >= 0.6 is 23.4 Å². The molecule has 1 aliphatic heterocycles. The predicted octanol–water partition coefficient (Wildman–Crippen LogP) is 6.21. The molecule has 35 heavy (non-hydrogen) atoms. The molecule has 8 heteroatoms. The average molecular weight is 507 g/mol. The van der Waals surface area contributed by atoms with Gasteiger partial charge in [-0.2, -0.15) is 0 Å². The van der Waals surface area contributed by atoms with Crippen molar-refractivity contribution in [3.8, 4) is 5.75 Å². The number of anilines is 1. The summed E-state index contributed by atoms with van der Waals surface area (Å²) in [6.45, 7) is 3.93. The van der Waals surface area contributed by atoms with E-state index >= 15 is 0 Å². The zero-order chi connectivity index (χ0) is 24.9. The Morgan fingerprint density at radius 1 is 1.00 bits per heavy atom. The van der Waals surface area contributed by atoms with Gasteiger partial charge in [0, 0.05) is 10.7 Å². The van der Waals surface area contributed by atoms with Crippen LogP contribution in [0.1, 0.15) is 22.3 Å². The number of nitrogens with zero attached hydrogens (tertiary/aromatic N) is 1. The van der Waals surface area contributed by atoms with E-state index in [-0.39, 0.29) is 11.4 Å². The molecule has 178 valence electrons. The number of thioether (sulfide) groups is 1. The highest BCUT2D eigenvalue weighted by Crippen LogP contribution is 2.32. The van der Waals surface area contributed by atoms with Crippen LogP contribution in [-0.4, -0.2) is 28.5 Å². The topological polar surface area (TPSA) is 75.7 Å². The SMILES string of the molecule is Cc1cc(C)cc(NC(=O)CN2C(=O)S/C(=C/c3ccc(OCc4ccc(Cl)cc4)cc3)C2=O)c1. The molecule has 0 unspecified atom stereocenters. The highest BCUT2D eigenvalue weighted by Gasteiger charge is 2.36. The summed E-state index contributed by atoms with van der Waals surface area (Å²) >= 11 is 6.72. The summed E-state index contributed by atoms with van der Waals surface area (Å²) in [6, 6.07) is 20.3. The second-order valence-corrected chi connectivity index (χ2v) is 9.61. The molecule has 4 rings (SSSR count). The summed E-state index contributed by atoms with van der Waals surface area (Å²) in [6.07, 6.45) is 1.63. The monoisotopic (exact) mass is 506 g/mol. The summed E-state index contributed by atoms with van der Waals surface area (Å²) in [5.41, 5.74) is 4.39. The molecule has 0 atom stereocenters. The maximum absolute atomic E-state index is 12.8. The lowest BCUT2D eigenvalue weighted by molar-refractivity contribution is -0.127. The first-order chi connectivity index (χ1) is 16.8. The standard InChI is InChI=1S/C27H23ClN2O4S/c1-17-11-18(2)13-22(12-17)29-25(31)15-30-26(32)24(35-27(30)33)14-19-5-9-23(10-6-19)34-16-20-3-7-21(28)8-4-20/h3-14H,15-16H2,1-2H3,(H,29,31)/b24-14+. The lowest BCUT2D eigenvalue weighted by Gasteiger charge is -2.13. The predicted molar refractivity (Wildman–Crippen MR) is 139 cm³/mol. The van der Waals surface area contributed by atoms with E-state index in [2.05, 4.69) is 5.32 Å². The Labute approximate surface area is 212 Å². The van der Waals surface area contributed by atoms with Gasteiger partial charge in [0.05, 0.1) is 4.91 Å². The Balaban J connectivity index is 1.36. The molecule has 1 fully saturated rings. The molecule has 1 heterocycles. The van der Waals surface area contributed by atoms with Crippen LogP contribution in [0.25, 0.3) is 6.08 Å². The number of ether oxygens (including phenoxy) is 1. The number of carbonyl (C=O) groups excluding carboxylic acids is 3. The van der Waals surface area contributed by atoms with Gasteiger partial charge in [0.15, 0.2) is 0 Å². The van der Waals surface area contributed by atoms with Gasteiger partial charge in [-0.15, -0.1) is 0 Å². The van der Waals surface area contributed by atoms with Gasteiger partial charge >= 0.3 is 0 Å². The van der Waals surface area contributed by atoms with E-state index in [9.17, 15) is 14.4 Å². The van der Waals surface area contributed by atoms with Crippen molar-refractivity contribution in [1.82, 2.24) is 4.90 Å². The van der Waals surface area contributed by atoms with Gasteiger partial charge in [-0.3, -0.25) is 19.3 Å². The number of rotatable bonds is 7. The third-order valence-corrected chi connectivity index (χ3v) is 6.34.